The van der Waals surface area contributed by atoms with E-state index in [4.69, 9.17) is 57.1 Å². The number of ether oxygens (including phenoxy) is 6. The Morgan fingerprint density at radius 3 is 1.93 bits per heavy atom. The largest absolute Gasteiger partial charge is 0.395 e. The molecule has 1 saturated carbocycles. The van der Waals surface area contributed by atoms with E-state index in [-0.39, 0.29) is 44.7 Å². The highest BCUT2D eigenvalue weighted by Gasteiger charge is 2.54. The molecule has 3 saturated heterocycles. The van der Waals surface area contributed by atoms with E-state index in [1.165, 1.54) is 0 Å². The summed E-state index contributed by atoms with van der Waals surface area (Å²) < 4.78 is 36.0. The first-order valence-corrected chi connectivity index (χ1v) is 15.8. The Labute approximate surface area is 262 Å². The Kier molecular flexibility index (Phi) is 13.7. The average Bonchev–Trinajstić information content (AvgIpc) is 3.33. The predicted molar refractivity (Wildman–Crippen MR) is 156 cm³/mol. The summed E-state index contributed by atoms with van der Waals surface area (Å²) in [6.07, 6.45) is -13.5. The fraction of sp³-hybridized carbons (Fsp3) is 1.00. The van der Waals surface area contributed by atoms with Crippen molar-refractivity contribution in [2.45, 2.75) is 130 Å². The van der Waals surface area contributed by atoms with Crippen LogP contribution in [0.2, 0.25) is 0 Å². The van der Waals surface area contributed by atoms with Gasteiger partial charge in [0.1, 0.15) is 48.8 Å². The molecule has 18 nitrogen and oxygen atoms in total. The minimum atomic E-state index is -1.55. The van der Waals surface area contributed by atoms with E-state index in [1.807, 2.05) is 6.92 Å². The molecule has 4 fully saturated rings. The quantitative estimate of drug-likeness (QED) is 0.0878. The number of rotatable bonds is 13. The maximum Gasteiger partial charge on any atom is 0.187 e. The smallest absolute Gasteiger partial charge is 0.187 e. The minimum absolute atomic E-state index is 0.143. The molecule has 3 aliphatic heterocycles. The van der Waals surface area contributed by atoms with Crippen LogP contribution in [0.4, 0.5) is 0 Å². The van der Waals surface area contributed by atoms with Gasteiger partial charge >= 0.3 is 0 Å². The van der Waals surface area contributed by atoms with Crippen molar-refractivity contribution in [3.8, 4) is 0 Å². The van der Waals surface area contributed by atoms with Crippen molar-refractivity contribution in [2.24, 2.45) is 34.6 Å². The molecule has 4 rings (SSSR count). The zero-order chi connectivity index (χ0) is 33.0. The maximum absolute atomic E-state index is 11.4. The van der Waals surface area contributed by atoms with Gasteiger partial charge in [0, 0.05) is 31.7 Å². The van der Waals surface area contributed by atoms with E-state index in [0.29, 0.717) is 6.42 Å². The molecule has 0 aromatic heterocycles. The zero-order valence-corrected chi connectivity index (χ0v) is 25.6. The van der Waals surface area contributed by atoms with E-state index < -0.39 is 105 Å². The van der Waals surface area contributed by atoms with Gasteiger partial charge in [-0.15, -0.1) is 0 Å². The van der Waals surface area contributed by atoms with E-state index in [1.54, 1.807) is 0 Å². The molecule has 18 heteroatoms. The normalized spacial score (nSPS) is 49.3. The van der Waals surface area contributed by atoms with Crippen molar-refractivity contribution in [1.82, 2.24) is 5.32 Å². The number of hydrogen-bond acceptors (Lipinski definition) is 18. The first-order valence-electron chi connectivity index (χ1n) is 15.8. The van der Waals surface area contributed by atoms with Crippen LogP contribution in [0.15, 0.2) is 0 Å². The maximum atomic E-state index is 11.4. The molecule has 18 unspecified atom stereocenters. The van der Waals surface area contributed by atoms with Crippen molar-refractivity contribution in [2.75, 3.05) is 32.8 Å². The second-order valence-electron chi connectivity index (χ2n) is 12.4. The first kappa shape index (κ1) is 37.1. The zero-order valence-electron chi connectivity index (χ0n) is 25.6. The number of aliphatic hydroxyl groups is 6. The van der Waals surface area contributed by atoms with Crippen LogP contribution in [-0.2, 0) is 28.4 Å². The SMILES string of the molecule is CCC1CC(N)C(OC2C(N)CC(NCCO)C(O)C2OC2OC(CO)C(OC3OC(CN)C(O)C(O)C3N)C2O)OC1CN. The monoisotopic (exact) mass is 654 g/mol. The molecule has 0 amide bonds. The van der Waals surface area contributed by atoms with Crippen LogP contribution in [0.3, 0.4) is 0 Å². The van der Waals surface area contributed by atoms with Crippen LogP contribution in [0.25, 0.3) is 0 Å². The average molecular weight is 655 g/mol. The van der Waals surface area contributed by atoms with Crippen LogP contribution in [0.1, 0.15) is 26.2 Å². The summed E-state index contributed by atoms with van der Waals surface area (Å²) in [5.74, 6) is 0.148. The third-order valence-electron chi connectivity index (χ3n) is 9.38. The lowest BCUT2D eigenvalue weighted by Gasteiger charge is -2.47. The third-order valence-corrected chi connectivity index (χ3v) is 9.38. The molecule has 18 atom stereocenters. The van der Waals surface area contributed by atoms with Crippen molar-refractivity contribution >= 4 is 0 Å². The molecule has 3 heterocycles. The Hall–Kier alpha value is -0.720. The molecule has 4 aliphatic rings. The molecular weight excluding hydrogens is 600 g/mol. The van der Waals surface area contributed by atoms with Crippen molar-refractivity contribution in [3.05, 3.63) is 0 Å². The lowest BCUT2D eigenvalue weighted by molar-refractivity contribution is -0.293. The Bertz CT molecular complexity index is 901. The summed E-state index contributed by atoms with van der Waals surface area (Å²) in [4.78, 5) is 0. The molecule has 0 aromatic rings. The van der Waals surface area contributed by atoms with Gasteiger partial charge in [0.05, 0.1) is 37.5 Å². The van der Waals surface area contributed by atoms with E-state index >= 15 is 0 Å². The topological polar surface area (TPSA) is 319 Å². The lowest BCUT2D eigenvalue weighted by atomic mass is 9.83. The Morgan fingerprint density at radius 1 is 0.689 bits per heavy atom. The lowest BCUT2D eigenvalue weighted by Crippen LogP contribution is -2.66. The van der Waals surface area contributed by atoms with Gasteiger partial charge in [0.15, 0.2) is 18.9 Å². The Balaban J connectivity index is 1.52. The van der Waals surface area contributed by atoms with E-state index in [2.05, 4.69) is 5.32 Å². The highest BCUT2D eigenvalue weighted by atomic mass is 16.8. The second-order valence-corrected chi connectivity index (χ2v) is 12.4. The van der Waals surface area contributed by atoms with Crippen molar-refractivity contribution < 1.29 is 59.1 Å². The molecular formula is C27H54N6O12. The molecule has 264 valence electrons. The third kappa shape index (κ3) is 8.12. The Morgan fingerprint density at radius 2 is 1.31 bits per heavy atom. The minimum Gasteiger partial charge on any atom is -0.395 e. The summed E-state index contributed by atoms with van der Waals surface area (Å²) in [7, 11) is 0. The van der Waals surface area contributed by atoms with Gasteiger partial charge in [-0.05, 0) is 18.8 Å². The fourth-order valence-electron chi connectivity index (χ4n) is 6.70. The van der Waals surface area contributed by atoms with Crippen LogP contribution in [0, 0.1) is 5.92 Å². The molecule has 0 spiro atoms. The summed E-state index contributed by atoms with van der Waals surface area (Å²) in [6, 6.07) is -3.05. The van der Waals surface area contributed by atoms with Gasteiger partial charge in [-0.3, -0.25) is 0 Å². The number of aliphatic hydroxyl groups excluding tert-OH is 6. The van der Waals surface area contributed by atoms with Gasteiger partial charge in [0.2, 0.25) is 0 Å². The standard InChI is InChI=1S/C27H54N6O12/c1-2-10-5-12(31)25(40-14(10)7-28)43-22-11(30)6-13(33-3-4-34)18(36)24(22)45-27-21(39)23(16(9-35)42-27)44-26-17(32)20(38)19(37)15(8-29)41-26/h10-27,33-39H,2-9,28-32H2,1H3. The number of nitrogens with one attached hydrogen (secondary N) is 1. The van der Waals surface area contributed by atoms with Crippen LogP contribution in [0.5, 0.6) is 0 Å². The van der Waals surface area contributed by atoms with Gasteiger partial charge in [0.25, 0.3) is 0 Å². The summed E-state index contributed by atoms with van der Waals surface area (Å²) in [5, 5.41) is 65.8. The van der Waals surface area contributed by atoms with Crippen molar-refractivity contribution in [1.29, 1.82) is 0 Å². The number of nitrogens with two attached hydrogens (primary N) is 5. The van der Waals surface area contributed by atoms with E-state index in [9.17, 15) is 30.6 Å². The van der Waals surface area contributed by atoms with Gasteiger partial charge in [-0.2, -0.15) is 0 Å². The predicted octanol–water partition coefficient (Wildman–Crippen LogP) is -6.58. The molecule has 0 radical (unpaired) electrons. The molecule has 45 heavy (non-hydrogen) atoms. The van der Waals surface area contributed by atoms with Gasteiger partial charge in [-0.25, -0.2) is 0 Å². The van der Waals surface area contributed by atoms with Crippen LogP contribution < -0.4 is 34.0 Å². The summed E-state index contributed by atoms with van der Waals surface area (Å²) in [5.41, 5.74) is 30.6. The molecule has 17 N–H and O–H groups in total. The number of hydrogen-bond donors (Lipinski definition) is 12. The highest BCUT2D eigenvalue weighted by molar-refractivity contribution is 5.02. The van der Waals surface area contributed by atoms with Gasteiger partial charge in [-0.1, -0.05) is 13.3 Å². The van der Waals surface area contributed by atoms with Gasteiger partial charge < -0.3 is 93.0 Å². The fourth-order valence-corrected chi connectivity index (χ4v) is 6.70. The summed E-state index contributed by atoms with van der Waals surface area (Å²) >= 11 is 0. The highest BCUT2D eigenvalue weighted by Crippen LogP contribution is 2.35. The molecule has 1 aliphatic carbocycles. The molecule has 0 aromatic carbocycles. The van der Waals surface area contributed by atoms with Crippen LogP contribution >= 0.6 is 0 Å². The van der Waals surface area contributed by atoms with E-state index in [0.717, 1.165) is 6.42 Å². The van der Waals surface area contributed by atoms with Crippen molar-refractivity contribution in [3.63, 3.8) is 0 Å². The summed E-state index contributed by atoms with van der Waals surface area (Å²) in [6.45, 7) is 1.54. The second kappa shape index (κ2) is 16.6. The van der Waals surface area contributed by atoms with Crippen LogP contribution in [-0.4, -0.2) is 168 Å². The first-order chi connectivity index (χ1) is 21.5. The molecule has 0 bridgehead atoms.